The zero-order valence-electron chi connectivity index (χ0n) is 9.30. The average molecular weight is 246 g/mol. The number of hydrogen-bond acceptors (Lipinski definition) is 1. The van der Waals surface area contributed by atoms with E-state index in [0.29, 0.717) is 16.0 Å². The van der Waals surface area contributed by atoms with Crippen molar-refractivity contribution in [2.24, 2.45) is 11.7 Å². The highest BCUT2D eigenvalue weighted by atomic mass is 35.5. The van der Waals surface area contributed by atoms with Gasteiger partial charge in [0.05, 0.1) is 0 Å². The van der Waals surface area contributed by atoms with Crippen LogP contribution in [0, 0.1) is 5.92 Å². The van der Waals surface area contributed by atoms with Gasteiger partial charge in [0.2, 0.25) is 0 Å². The molecular formula is C12H17Cl2N. The van der Waals surface area contributed by atoms with Gasteiger partial charge in [0.25, 0.3) is 0 Å². The lowest BCUT2D eigenvalue weighted by Crippen LogP contribution is -2.32. The SMILES string of the molecule is CC(C)C(N)C(C)c1ccc(Cl)cc1Cl. The van der Waals surface area contributed by atoms with Crippen molar-refractivity contribution >= 4 is 23.2 Å². The van der Waals surface area contributed by atoms with Crippen LogP contribution in [0.1, 0.15) is 32.3 Å². The van der Waals surface area contributed by atoms with Crippen LogP contribution >= 0.6 is 23.2 Å². The van der Waals surface area contributed by atoms with Crippen molar-refractivity contribution in [3.05, 3.63) is 33.8 Å². The largest absolute Gasteiger partial charge is 0.327 e. The first kappa shape index (κ1) is 12.8. The molecule has 0 saturated carbocycles. The predicted octanol–water partition coefficient (Wildman–Crippen LogP) is 4.08. The van der Waals surface area contributed by atoms with Crippen LogP contribution in [0.3, 0.4) is 0 Å². The summed E-state index contributed by atoms with van der Waals surface area (Å²) in [6.07, 6.45) is 0. The van der Waals surface area contributed by atoms with Crippen LogP contribution in [-0.4, -0.2) is 6.04 Å². The third kappa shape index (κ3) is 3.10. The van der Waals surface area contributed by atoms with Crippen LogP contribution in [0.4, 0.5) is 0 Å². The maximum Gasteiger partial charge on any atom is 0.0456 e. The molecule has 15 heavy (non-hydrogen) atoms. The van der Waals surface area contributed by atoms with Crippen molar-refractivity contribution in [1.29, 1.82) is 0 Å². The van der Waals surface area contributed by atoms with Crippen molar-refractivity contribution in [1.82, 2.24) is 0 Å². The van der Waals surface area contributed by atoms with Crippen LogP contribution in [0.2, 0.25) is 10.0 Å². The molecule has 1 aromatic rings. The van der Waals surface area contributed by atoms with Crippen LogP contribution in [0.15, 0.2) is 18.2 Å². The fraction of sp³-hybridized carbons (Fsp3) is 0.500. The summed E-state index contributed by atoms with van der Waals surface area (Å²) < 4.78 is 0. The number of benzene rings is 1. The first-order chi connectivity index (χ1) is 6.93. The second-order valence-electron chi connectivity index (χ2n) is 4.28. The van der Waals surface area contributed by atoms with Gasteiger partial charge >= 0.3 is 0 Å². The third-order valence-electron chi connectivity index (χ3n) is 2.80. The number of nitrogens with two attached hydrogens (primary N) is 1. The van der Waals surface area contributed by atoms with E-state index in [0.717, 1.165) is 5.56 Å². The van der Waals surface area contributed by atoms with Crippen molar-refractivity contribution in [2.45, 2.75) is 32.7 Å². The van der Waals surface area contributed by atoms with E-state index in [-0.39, 0.29) is 12.0 Å². The predicted molar refractivity (Wildman–Crippen MR) is 67.7 cm³/mol. The summed E-state index contributed by atoms with van der Waals surface area (Å²) in [5.41, 5.74) is 7.18. The molecular weight excluding hydrogens is 229 g/mol. The Balaban J connectivity index is 2.96. The van der Waals surface area contributed by atoms with Gasteiger partial charge in [-0.2, -0.15) is 0 Å². The minimum absolute atomic E-state index is 0.115. The van der Waals surface area contributed by atoms with Gasteiger partial charge < -0.3 is 5.73 Å². The Hall–Kier alpha value is -0.240. The summed E-state index contributed by atoms with van der Waals surface area (Å²) in [6, 6.07) is 5.69. The summed E-state index contributed by atoms with van der Waals surface area (Å²) in [5.74, 6) is 0.682. The Bertz CT molecular complexity index is 336. The summed E-state index contributed by atoms with van der Waals surface area (Å²) in [7, 11) is 0. The van der Waals surface area contributed by atoms with Gasteiger partial charge in [-0.15, -0.1) is 0 Å². The molecule has 0 amide bonds. The molecule has 0 fully saturated rings. The molecule has 0 spiro atoms. The standard InChI is InChI=1S/C12H17Cl2N/c1-7(2)12(15)8(3)10-5-4-9(13)6-11(10)14/h4-8,12H,15H2,1-3H3. The second-order valence-corrected chi connectivity index (χ2v) is 5.12. The topological polar surface area (TPSA) is 26.0 Å². The van der Waals surface area contributed by atoms with Crippen molar-refractivity contribution in [2.75, 3.05) is 0 Å². The quantitative estimate of drug-likeness (QED) is 0.854. The van der Waals surface area contributed by atoms with E-state index in [1.54, 1.807) is 6.07 Å². The van der Waals surface area contributed by atoms with Gasteiger partial charge in [0.1, 0.15) is 0 Å². The molecule has 1 aromatic carbocycles. The van der Waals surface area contributed by atoms with Gasteiger partial charge in [0, 0.05) is 16.1 Å². The Labute approximate surface area is 102 Å². The molecule has 2 atom stereocenters. The lowest BCUT2D eigenvalue weighted by atomic mass is 9.87. The van der Waals surface area contributed by atoms with E-state index in [4.69, 9.17) is 28.9 Å². The number of rotatable bonds is 3. The van der Waals surface area contributed by atoms with Crippen LogP contribution in [-0.2, 0) is 0 Å². The van der Waals surface area contributed by atoms with Crippen molar-refractivity contribution in [3.63, 3.8) is 0 Å². The van der Waals surface area contributed by atoms with Crippen LogP contribution in [0.25, 0.3) is 0 Å². The number of hydrogen-bond donors (Lipinski definition) is 1. The zero-order chi connectivity index (χ0) is 11.6. The monoisotopic (exact) mass is 245 g/mol. The van der Waals surface area contributed by atoms with E-state index >= 15 is 0 Å². The smallest absolute Gasteiger partial charge is 0.0456 e. The zero-order valence-corrected chi connectivity index (χ0v) is 10.8. The normalized spacial score (nSPS) is 15.4. The molecule has 84 valence electrons. The van der Waals surface area contributed by atoms with E-state index in [1.165, 1.54) is 0 Å². The van der Waals surface area contributed by atoms with E-state index in [9.17, 15) is 0 Å². The van der Waals surface area contributed by atoms with Crippen molar-refractivity contribution < 1.29 is 0 Å². The maximum absolute atomic E-state index is 6.13. The molecule has 0 saturated heterocycles. The van der Waals surface area contributed by atoms with Gasteiger partial charge in [-0.1, -0.05) is 50.0 Å². The lowest BCUT2D eigenvalue weighted by Gasteiger charge is -2.24. The fourth-order valence-electron chi connectivity index (χ4n) is 1.66. The molecule has 0 radical (unpaired) electrons. The second kappa shape index (κ2) is 5.20. The average Bonchev–Trinajstić information content (AvgIpc) is 2.15. The van der Waals surface area contributed by atoms with Crippen LogP contribution < -0.4 is 5.73 Å². The van der Waals surface area contributed by atoms with Gasteiger partial charge in [0.15, 0.2) is 0 Å². The minimum atomic E-state index is 0.115. The Kier molecular flexibility index (Phi) is 4.45. The summed E-state index contributed by atoms with van der Waals surface area (Å²) in [6.45, 7) is 6.33. The minimum Gasteiger partial charge on any atom is -0.327 e. The summed E-state index contributed by atoms with van der Waals surface area (Å²) >= 11 is 12.0. The molecule has 0 aliphatic carbocycles. The third-order valence-corrected chi connectivity index (χ3v) is 3.36. The van der Waals surface area contributed by atoms with E-state index in [2.05, 4.69) is 20.8 Å². The number of halogens is 2. The van der Waals surface area contributed by atoms with Gasteiger partial charge in [-0.25, -0.2) is 0 Å². The first-order valence-electron chi connectivity index (χ1n) is 5.14. The molecule has 2 unspecified atom stereocenters. The maximum atomic E-state index is 6.13. The first-order valence-corrected chi connectivity index (χ1v) is 5.89. The molecule has 2 N–H and O–H groups in total. The van der Waals surface area contributed by atoms with Gasteiger partial charge in [-0.05, 0) is 29.5 Å². The fourth-order valence-corrected chi connectivity index (χ4v) is 2.24. The molecule has 0 aliphatic rings. The summed E-state index contributed by atoms with van der Waals surface area (Å²) in [4.78, 5) is 0. The molecule has 1 nitrogen and oxygen atoms in total. The molecule has 0 heterocycles. The Morgan fingerprint density at radius 3 is 2.20 bits per heavy atom. The Morgan fingerprint density at radius 2 is 1.73 bits per heavy atom. The molecule has 0 aromatic heterocycles. The Morgan fingerprint density at radius 1 is 1.13 bits per heavy atom. The van der Waals surface area contributed by atoms with Gasteiger partial charge in [-0.3, -0.25) is 0 Å². The summed E-state index contributed by atoms with van der Waals surface area (Å²) in [5, 5.41) is 1.36. The highest BCUT2D eigenvalue weighted by molar-refractivity contribution is 6.35. The van der Waals surface area contributed by atoms with E-state index in [1.807, 2.05) is 12.1 Å². The highest BCUT2D eigenvalue weighted by Crippen LogP contribution is 2.30. The molecule has 1 rings (SSSR count). The van der Waals surface area contributed by atoms with Crippen LogP contribution in [0.5, 0.6) is 0 Å². The molecule has 0 aliphatic heterocycles. The highest BCUT2D eigenvalue weighted by Gasteiger charge is 2.20. The van der Waals surface area contributed by atoms with E-state index < -0.39 is 0 Å². The molecule has 0 bridgehead atoms. The lowest BCUT2D eigenvalue weighted by molar-refractivity contribution is 0.435. The molecule has 3 heteroatoms. The van der Waals surface area contributed by atoms with Crippen molar-refractivity contribution in [3.8, 4) is 0 Å².